The summed E-state index contributed by atoms with van der Waals surface area (Å²) in [5.41, 5.74) is 0.936. The molecule has 5 nitrogen and oxygen atoms in total. The Bertz CT molecular complexity index is 668. The Labute approximate surface area is 148 Å². The molecule has 1 amide bonds. The first kappa shape index (κ1) is 19.7. The van der Waals surface area contributed by atoms with Crippen LogP contribution >= 0.6 is 11.3 Å². The molecule has 1 unspecified atom stereocenters. The van der Waals surface area contributed by atoms with E-state index < -0.39 is 11.2 Å². The highest BCUT2D eigenvalue weighted by Crippen LogP contribution is 2.41. The molecule has 2 rings (SSSR count). The molecule has 1 heterocycles. The molecule has 0 bridgehead atoms. The van der Waals surface area contributed by atoms with Crippen molar-refractivity contribution in [1.29, 1.82) is 0 Å². The Kier molecular flexibility index (Phi) is 5.46. The number of rotatable bonds is 5. The Balaban J connectivity index is 2.08. The lowest BCUT2D eigenvalue weighted by Crippen LogP contribution is -2.40. The second-order valence-electron chi connectivity index (χ2n) is 7.18. The molecule has 0 N–H and O–H groups in total. The van der Waals surface area contributed by atoms with E-state index >= 15 is 0 Å². The van der Waals surface area contributed by atoms with Crippen molar-refractivity contribution in [3.05, 3.63) is 16.8 Å². The first-order valence-corrected chi connectivity index (χ1v) is 8.80. The van der Waals surface area contributed by atoms with E-state index in [2.05, 4.69) is 37.0 Å². The van der Waals surface area contributed by atoms with Crippen LogP contribution in [0.5, 0.6) is 5.19 Å². The molecular formula is C16H22F3N3O2S. The summed E-state index contributed by atoms with van der Waals surface area (Å²) < 4.78 is 42.7. The zero-order chi connectivity index (χ0) is 19.0. The van der Waals surface area contributed by atoms with Crippen molar-refractivity contribution in [3.63, 3.8) is 0 Å². The van der Waals surface area contributed by atoms with Gasteiger partial charge in [0.1, 0.15) is 0 Å². The van der Waals surface area contributed by atoms with Crippen LogP contribution in [0.4, 0.5) is 13.2 Å². The second-order valence-corrected chi connectivity index (χ2v) is 8.12. The minimum atomic E-state index is -4.57. The van der Waals surface area contributed by atoms with E-state index in [9.17, 15) is 18.0 Å². The minimum absolute atomic E-state index is 0.00383. The lowest BCUT2D eigenvalue weighted by Gasteiger charge is -2.30. The normalized spacial score (nSPS) is 19.9. The van der Waals surface area contributed by atoms with Gasteiger partial charge >= 0.3 is 6.18 Å². The van der Waals surface area contributed by atoms with Gasteiger partial charge in [-0.1, -0.05) is 43.3 Å². The van der Waals surface area contributed by atoms with Gasteiger partial charge in [0.2, 0.25) is 5.01 Å². The fraction of sp³-hybridized carbons (Fsp3) is 0.688. The molecule has 0 saturated heterocycles. The Hall–Kier alpha value is -1.64. The van der Waals surface area contributed by atoms with Crippen LogP contribution in [0.25, 0.3) is 0 Å². The molecule has 1 aromatic heterocycles. The summed E-state index contributed by atoms with van der Waals surface area (Å²) in [5, 5.41) is 5.01. The Morgan fingerprint density at radius 3 is 2.52 bits per heavy atom. The van der Waals surface area contributed by atoms with Crippen LogP contribution in [0.15, 0.2) is 11.8 Å². The summed E-state index contributed by atoms with van der Waals surface area (Å²) in [6, 6.07) is -0.0844. The third kappa shape index (κ3) is 4.71. The quantitative estimate of drug-likeness (QED) is 0.774. The van der Waals surface area contributed by atoms with Crippen LogP contribution in [0.1, 0.15) is 46.0 Å². The molecule has 1 atom stereocenters. The van der Waals surface area contributed by atoms with Crippen molar-refractivity contribution in [2.24, 2.45) is 11.3 Å². The first-order valence-electron chi connectivity index (χ1n) is 7.99. The molecule has 25 heavy (non-hydrogen) atoms. The number of hydrogen-bond donors (Lipinski definition) is 0. The molecule has 1 aromatic rings. The van der Waals surface area contributed by atoms with Crippen molar-refractivity contribution < 1.29 is 22.7 Å². The number of nitrogens with zero attached hydrogens (tertiary/aromatic N) is 3. The molecule has 140 valence electrons. The monoisotopic (exact) mass is 377 g/mol. The van der Waals surface area contributed by atoms with Gasteiger partial charge in [0.25, 0.3) is 11.1 Å². The van der Waals surface area contributed by atoms with Gasteiger partial charge < -0.3 is 9.64 Å². The molecule has 0 aromatic carbocycles. The first-order chi connectivity index (χ1) is 11.4. The number of hydrogen-bond acceptors (Lipinski definition) is 5. The number of allylic oxidation sites excluding steroid dienone is 2. The van der Waals surface area contributed by atoms with E-state index in [4.69, 9.17) is 4.74 Å². The van der Waals surface area contributed by atoms with E-state index in [1.54, 1.807) is 4.90 Å². The molecule has 0 fully saturated rings. The summed E-state index contributed by atoms with van der Waals surface area (Å²) in [6.45, 7) is 9.68. The van der Waals surface area contributed by atoms with Crippen molar-refractivity contribution in [2.45, 2.75) is 53.3 Å². The second kappa shape index (κ2) is 6.93. The summed E-state index contributed by atoms with van der Waals surface area (Å²) in [6.07, 6.45) is -1.55. The zero-order valence-electron chi connectivity index (χ0n) is 14.8. The number of halogens is 3. The van der Waals surface area contributed by atoms with E-state index in [1.165, 1.54) is 0 Å². The highest BCUT2D eigenvalue weighted by atomic mass is 32.1. The largest absolute Gasteiger partial charge is 0.459 e. The van der Waals surface area contributed by atoms with Crippen LogP contribution in [-0.2, 0) is 11.0 Å². The van der Waals surface area contributed by atoms with Crippen LogP contribution < -0.4 is 4.74 Å². The van der Waals surface area contributed by atoms with Gasteiger partial charge in [0.05, 0.1) is 0 Å². The summed E-state index contributed by atoms with van der Waals surface area (Å²) in [5.74, 6) is -0.0886. The maximum atomic E-state index is 12.6. The van der Waals surface area contributed by atoms with E-state index in [0.717, 1.165) is 12.1 Å². The Morgan fingerprint density at radius 1 is 1.44 bits per heavy atom. The van der Waals surface area contributed by atoms with Crippen LogP contribution in [0, 0.1) is 11.3 Å². The molecule has 1 aliphatic rings. The fourth-order valence-electron chi connectivity index (χ4n) is 3.11. The Morgan fingerprint density at radius 2 is 2.08 bits per heavy atom. The van der Waals surface area contributed by atoms with Crippen LogP contribution in [0.3, 0.4) is 0 Å². The van der Waals surface area contributed by atoms with Crippen LogP contribution in [0.2, 0.25) is 0 Å². The number of aromatic nitrogens is 2. The number of carbonyl (C=O) groups excluding carboxylic acids is 1. The summed E-state index contributed by atoms with van der Waals surface area (Å²) in [4.78, 5) is 14.3. The van der Waals surface area contributed by atoms with Gasteiger partial charge in [0, 0.05) is 11.7 Å². The average molecular weight is 377 g/mol. The van der Waals surface area contributed by atoms with Gasteiger partial charge in [-0.2, -0.15) is 13.2 Å². The van der Waals surface area contributed by atoms with Gasteiger partial charge in [-0.15, -0.1) is 5.10 Å². The van der Waals surface area contributed by atoms with E-state index in [-0.39, 0.29) is 46.4 Å². The maximum absolute atomic E-state index is 12.6. The fourth-order valence-corrected chi connectivity index (χ4v) is 3.67. The van der Waals surface area contributed by atoms with Gasteiger partial charge in [-0.3, -0.25) is 4.79 Å². The predicted molar refractivity (Wildman–Crippen MR) is 88.0 cm³/mol. The average Bonchev–Trinajstić information content (AvgIpc) is 3.01. The molecule has 0 radical (unpaired) electrons. The van der Waals surface area contributed by atoms with Gasteiger partial charge in [-0.25, -0.2) is 0 Å². The van der Waals surface area contributed by atoms with Crippen molar-refractivity contribution in [1.82, 2.24) is 15.1 Å². The minimum Gasteiger partial charge on any atom is -0.459 e. The third-order valence-corrected chi connectivity index (χ3v) is 4.79. The topological polar surface area (TPSA) is 55.3 Å². The number of ether oxygens (including phenoxy) is 1. The predicted octanol–water partition coefficient (Wildman–Crippen LogP) is 4.12. The molecular weight excluding hydrogens is 355 g/mol. The van der Waals surface area contributed by atoms with Crippen molar-refractivity contribution >= 4 is 17.2 Å². The molecule has 0 aliphatic heterocycles. The van der Waals surface area contributed by atoms with Crippen molar-refractivity contribution in [2.75, 3.05) is 6.61 Å². The van der Waals surface area contributed by atoms with Crippen molar-refractivity contribution in [3.8, 4) is 5.19 Å². The van der Waals surface area contributed by atoms with E-state index in [0.29, 0.717) is 0 Å². The highest BCUT2D eigenvalue weighted by Gasteiger charge is 2.37. The molecule has 1 aliphatic carbocycles. The zero-order valence-corrected chi connectivity index (χ0v) is 15.7. The third-order valence-electron chi connectivity index (χ3n) is 3.91. The number of carbonyl (C=O) groups is 1. The molecule has 0 saturated carbocycles. The van der Waals surface area contributed by atoms with Crippen LogP contribution in [-0.4, -0.2) is 33.7 Å². The molecule has 9 heteroatoms. The molecule has 0 spiro atoms. The lowest BCUT2D eigenvalue weighted by molar-refractivity contribution is -0.138. The highest BCUT2D eigenvalue weighted by molar-refractivity contribution is 7.13. The standard InChI is InChI=1S/C16H22F3N3O2S/c1-9(2)22(11-7-15(4,5)6-10(11)3)12(23)8-24-14-21-20-13(25-14)16(17,18)19/h7,9-10H,6,8H2,1-5H3. The van der Waals surface area contributed by atoms with Gasteiger partial charge in [0.15, 0.2) is 6.61 Å². The van der Waals surface area contributed by atoms with E-state index in [1.807, 2.05) is 13.8 Å². The summed E-state index contributed by atoms with van der Waals surface area (Å²) in [7, 11) is 0. The maximum Gasteiger partial charge on any atom is 0.445 e. The summed E-state index contributed by atoms with van der Waals surface area (Å²) >= 11 is 0.280. The number of amides is 1. The van der Waals surface area contributed by atoms with Gasteiger partial charge in [-0.05, 0) is 31.6 Å². The SMILES string of the molecule is CC1CC(C)(C)C=C1N(C(=O)COc1nnc(C(F)(F)F)s1)C(C)C. The lowest BCUT2D eigenvalue weighted by atomic mass is 9.91. The smallest absolute Gasteiger partial charge is 0.445 e. The number of alkyl halides is 3.